The zero-order chi connectivity index (χ0) is 17.4. The van der Waals surface area contributed by atoms with Gasteiger partial charge in [0.15, 0.2) is 11.5 Å². The SMILES string of the molecule is Cn1nc(C(=O)N2CCOCC2)c2c1CN(c1ncc(F)cn1)CC2. The number of anilines is 1. The molecule has 0 spiro atoms. The van der Waals surface area contributed by atoms with E-state index >= 15 is 0 Å². The summed E-state index contributed by atoms with van der Waals surface area (Å²) in [5.74, 6) is -0.0127. The predicted molar refractivity (Wildman–Crippen MR) is 86.7 cm³/mol. The fourth-order valence-corrected chi connectivity index (χ4v) is 3.30. The minimum Gasteiger partial charge on any atom is -0.378 e. The van der Waals surface area contributed by atoms with Crippen molar-refractivity contribution in [3.8, 4) is 0 Å². The highest BCUT2D eigenvalue weighted by Gasteiger charge is 2.30. The molecule has 132 valence electrons. The Morgan fingerprint density at radius 2 is 1.92 bits per heavy atom. The lowest BCUT2D eigenvalue weighted by Gasteiger charge is -2.28. The maximum atomic E-state index is 13.0. The van der Waals surface area contributed by atoms with E-state index < -0.39 is 5.82 Å². The molecule has 1 fully saturated rings. The molecule has 4 rings (SSSR count). The number of carbonyl (C=O) groups is 1. The number of nitrogens with zero attached hydrogens (tertiary/aromatic N) is 6. The van der Waals surface area contributed by atoms with E-state index in [1.54, 1.807) is 9.58 Å². The summed E-state index contributed by atoms with van der Waals surface area (Å²) in [7, 11) is 1.84. The summed E-state index contributed by atoms with van der Waals surface area (Å²) in [5.41, 5.74) is 2.48. The topological polar surface area (TPSA) is 76.4 Å². The van der Waals surface area contributed by atoms with E-state index in [1.807, 2.05) is 11.9 Å². The van der Waals surface area contributed by atoms with Gasteiger partial charge in [-0.25, -0.2) is 14.4 Å². The van der Waals surface area contributed by atoms with Crippen LogP contribution < -0.4 is 4.90 Å². The van der Waals surface area contributed by atoms with Crippen LogP contribution in [-0.4, -0.2) is 63.4 Å². The van der Waals surface area contributed by atoms with Gasteiger partial charge in [0.1, 0.15) is 0 Å². The fourth-order valence-electron chi connectivity index (χ4n) is 3.30. The second kappa shape index (κ2) is 6.40. The van der Waals surface area contributed by atoms with Crippen molar-refractivity contribution >= 4 is 11.9 Å². The van der Waals surface area contributed by atoms with Crippen LogP contribution in [0.4, 0.5) is 10.3 Å². The molecule has 2 aliphatic heterocycles. The number of aromatic nitrogens is 4. The molecule has 1 saturated heterocycles. The average molecular weight is 346 g/mol. The summed E-state index contributed by atoms with van der Waals surface area (Å²) in [6, 6.07) is 0. The van der Waals surface area contributed by atoms with Crippen molar-refractivity contribution in [2.45, 2.75) is 13.0 Å². The van der Waals surface area contributed by atoms with Crippen molar-refractivity contribution < 1.29 is 13.9 Å². The van der Waals surface area contributed by atoms with Crippen LogP contribution in [0.3, 0.4) is 0 Å². The lowest BCUT2D eigenvalue weighted by Crippen LogP contribution is -2.41. The van der Waals surface area contributed by atoms with Gasteiger partial charge in [0.05, 0.1) is 37.8 Å². The molecule has 0 saturated carbocycles. The Kier molecular flexibility index (Phi) is 4.08. The van der Waals surface area contributed by atoms with Gasteiger partial charge in [0.25, 0.3) is 5.91 Å². The van der Waals surface area contributed by atoms with Gasteiger partial charge in [-0.2, -0.15) is 5.10 Å². The molecule has 0 bridgehead atoms. The Hall–Kier alpha value is -2.55. The number of hydrogen-bond donors (Lipinski definition) is 0. The molecule has 2 aliphatic rings. The minimum absolute atomic E-state index is 0.0355. The third-order valence-electron chi connectivity index (χ3n) is 4.64. The van der Waals surface area contributed by atoms with Crippen LogP contribution in [0.1, 0.15) is 21.7 Å². The van der Waals surface area contributed by atoms with E-state index in [-0.39, 0.29) is 5.91 Å². The Morgan fingerprint density at radius 1 is 1.20 bits per heavy atom. The molecular formula is C16H19FN6O2. The number of amides is 1. The first-order valence-electron chi connectivity index (χ1n) is 8.28. The van der Waals surface area contributed by atoms with Gasteiger partial charge in [-0.15, -0.1) is 0 Å². The van der Waals surface area contributed by atoms with E-state index in [0.717, 1.165) is 23.7 Å². The molecule has 0 aliphatic carbocycles. The van der Waals surface area contributed by atoms with Crippen molar-refractivity contribution in [1.29, 1.82) is 0 Å². The van der Waals surface area contributed by atoms with E-state index in [0.29, 0.717) is 57.5 Å². The standard InChI is InChI=1S/C16H19FN6O2/c1-21-13-10-23(16-18-8-11(17)9-19-16)3-2-12(13)14(20-21)15(24)22-4-6-25-7-5-22/h8-9H,2-7,10H2,1H3. The molecule has 2 aromatic heterocycles. The molecule has 0 aromatic carbocycles. The molecule has 25 heavy (non-hydrogen) atoms. The smallest absolute Gasteiger partial charge is 0.274 e. The first kappa shape index (κ1) is 15.9. The van der Waals surface area contributed by atoms with Crippen LogP contribution in [0.5, 0.6) is 0 Å². The van der Waals surface area contributed by atoms with Gasteiger partial charge in [0, 0.05) is 32.2 Å². The molecule has 8 nitrogen and oxygen atoms in total. The first-order chi connectivity index (χ1) is 12.1. The highest BCUT2D eigenvalue weighted by molar-refractivity contribution is 5.94. The third-order valence-corrected chi connectivity index (χ3v) is 4.64. The Morgan fingerprint density at radius 3 is 2.64 bits per heavy atom. The highest BCUT2D eigenvalue weighted by Crippen LogP contribution is 2.25. The number of hydrogen-bond acceptors (Lipinski definition) is 6. The van der Waals surface area contributed by atoms with Crippen LogP contribution in [0.15, 0.2) is 12.4 Å². The molecule has 9 heteroatoms. The van der Waals surface area contributed by atoms with Crippen molar-refractivity contribution in [2.75, 3.05) is 37.7 Å². The van der Waals surface area contributed by atoms with Crippen molar-refractivity contribution in [3.05, 3.63) is 35.2 Å². The normalized spacial score (nSPS) is 17.5. The maximum Gasteiger partial charge on any atom is 0.274 e. The van der Waals surface area contributed by atoms with Gasteiger partial charge in [-0.05, 0) is 6.42 Å². The first-order valence-corrected chi connectivity index (χ1v) is 8.28. The number of carbonyl (C=O) groups excluding carboxylic acids is 1. The Balaban J connectivity index is 1.58. The molecule has 0 radical (unpaired) electrons. The quantitative estimate of drug-likeness (QED) is 0.783. The number of fused-ring (bicyclic) bond motifs is 1. The van der Waals surface area contributed by atoms with Crippen molar-refractivity contribution in [2.24, 2.45) is 7.05 Å². The lowest BCUT2D eigenvalue weighted by molar-refractivity contribution is 0.0298. The molecule has 2 aromatic rings. The fraction of sp³-hybridized carbons (Fsp3) is 0.500. The number of morpholine rings is 1. The van der Waals surface area contributed by atoms with Crippen LogP contribution >= 0.6 is 0 Å². The summed E-state index contributed by atoms with van der Waals surface area (Å²) < 4.78 is 20.1. The van der Waals surface area contributed by atoms with Crippen LogP contribution in [0.2, 0.25) is 0 Å². The summed E-state index contributed by atoms with van der Waals surface area (Å²) in [6.45, 7) is 3.53. The molecule has 0 atom stereocenters. The van der Waals surface area contributed by atoms with Crippen LogP contribution in [0, 0.1) is 5.82 Å². The molecule has 0 unspecified atom stereocenters. The predicted octanol–water partition coefficient (Wildman–Crippen LogP) is 0.384. The molecule has 4 heterocycles. The summed E-state index contributed by atoms with van der Waals surface area (Å²) >= 11 is 0. The second-order valence-corrected chi connectivity index (χ2v) is 6.17. The summed E-state index contributed by atoms with van der Waals surface area (Å²) in [5, 5.41) is 4.47. The Labute approximate surface area is 144 Å². The monoisotopic (exact) mass is 346 g/mol. The lowest BCUT2D eigenvalue weighted by atomic mass is 10.0. The largest absolute Gasteiger partial charge is 0.378 e. The molecule has 0 N–H and O–H groups in total. The number of aryl methyl sites for hydroxylation is 1. The number of rotatable bonds is 2. The third kappa shape index (κ3) is 2.95. The second-order valence-electron chi connectivity index (χ2n) is 6.17. The zero-order valence-corrected chi connectivity index (χ0v) is 14.0. The summed E-state index contributed by atoms with van der Waals surface area (Å²) in [6.07, 6.45) is 3.00. The zero-order valence-electron chi connectivity index (χ0n) is 14.0. The van der Waals surface area contributed by atoms with Gasteiger partial charge in [-0.1, -0.05) is 0 Å². The maximum absolute atomic E-state index is 13.0. The minimum atomic E-state index is -0.458. The van der Waals surface area contributed by atoms with Gasteiger partial charge in [0.2, 0.25) is 5.95 Å². The van der Waals surface area contributed by atoms with E-state index in [2.05, 4.69) is 15.1 Å². The molecular weight excluding hydrogens is 327 g/mol. The highest BCUT2D eigenvalue weighted by atomic mass is 19.1. The van der Waals surface area contributed by atoms with E-state index in [4.69, 9.17) is 4.74 Å². The van der Waals surface area contributed by atoms with E-state index in [1.165, 1.54) is 0 Å². The van der Waals surface area contributed by atoms with Crippen molar-refractivity contribution in [1.82, 2.24) is 24.6 Å². The number of halogens is 1. The average Bonchev–Trinajstić information content (AvgIpc) is 2.99. The number of ether oxygens (including phenoxy) is 1. The van der Waals surface area contributed by atoms with E-state index in [9.17, 15) is 9.18 Å². The molecule has 1 amide bonds. The summed E-state index contributed by atoms with van der Waals surface area (Å²) in [4.78, 5) is 24.6. The van der Waals surface area contributed by atoms with Crippen LogP contribution in [0.25, 0.3) is 0 Å². The van der Waals surface area contributed by atoms with Gasteiger partial charge < -0.3 is 14.5 Å². The van der Waals surface area contributed by atoms with Crippen LogP contribution in [-0.2, 0) is 24.8 Å². The Bertz CT molecular complexity index is 785. The van der Waals surface area contributed by atoms with Gasteiger partial charge in [-0.3, -0.25) is 9.48 Å². The van der Waals surface area contributed by atoms with Gasteiger partial charge >= 0.3 is 0 Å². The van der Waals surface area contributed by atoms with Crippen molar-refractivity contribution in [3.63, 3.8) is 0 Å².